The van der Waals surface area contributed by atoms with Crippen molar-refractivity contribution in [3.63, 3.8) is 0 Å². The number of pyridine rings is 1. The molecule has 0 fully saturated rings. The Morgan fingerprint density at radius 1 is 1.04 bits per heavy atom. The van der Waals surface area contributed by atoms with Crippen LogP contribution >= 0.6 is 24.8 Å². The maximum atomic E-state index is 12.4. The van der Waals surface area contributed by atoms with Gasteiger partial charge in [-0.2, -0.15) is 0 Å². The van der Waals surface area contributed by atoms with E-state index in [1.54, 1.807) is 19.2 Å². The third-order valence-corrected chi connectivity index (χ3v) is 4.53. The molecule has 28 heavy (non-hydrogen) atoms. The quantitative estimate of drug-likeness (QED) is 0.571. The lowest BCUT2D eigenvalue weighted by Crippen LogP contribution is -2.39. The van der Waals surface area contributed by atoms with Crippen molar-refractivity contribution >= 4 is 42.4 Å². The van der Waals surface area contributed by atoms with E-state index in [2.05, 4.69) is 10.3 Å². The summed E-state index contributed by atoms with van der Waals surface area (Å²) in [5.41, 5.74) is 13.2. The zero-order valence-corrected chi connectivity index (χ0v) is 17.5. The van der Waals surface area contributed by atoms with Gasteiger partial charge in [0.15, 0.2) is 0 Å². The molecule has 0 spiro atoms. The summed E-state index contributed by atoms with van der Waals surface area (Å²) in [4.78, 5) is 28.2. The minimum atomic E-state index is -0.492. The minimum absolute atomic E-state index is 0. The number of rotatable bonds is 9. The molecule has 1 aromatic heterocycles. The number of nitrogens with one attached hydrogen (secondary N) is 1. The highest BCUT2D eigenvalue weighted by atomic mass is 35.5. The molecule has 1 aromatic carbocycles. The van der Waals surface area contributed by atoms with Gasteiger partial charge < -0.3 is 16.8 Å². The van der Waals surface area contributed by atoms with Gasteiger partial charge in [-0.15, -0.1) is 24.8 Å². The van der Waals surface area contributed by atoms with E-state index < -0.39 is 17.7 Å². The maximum absolute atomic E-state index is 12.4. The third-order valence-electron chi connectivity index (χ3n) is 4.53. The van der Waals surface area contributed by atoms with Crippen molar-refractivity contribution in [2.24, 2.45) is 17.6 Å². The van der Waals surface area contributed by atoms with Crippen LogP contribution in [0.2, 0.25) is 0 Å². The number of primary amides is 1. The van der Waals surface area contributed by atoms with E-state index in [0.29, 0.717) is 31.6 Å². The summed E-state index contributed by atoms with van der Waals surface area (Å²) < 4.78 is 0. The number of hydrogen-bond acceptors (Lipinski definition) is 4. The number of amides is 2. The molecule has 5 N–H and O–H groups in total. The summed E-state index contributed by atoms with van der Waals surface area (Å²) in [7, 11) is 0. The molecule has 0 aliphatic heterocycles. The Labute approximate surface area is 178 Å². The Kier molecular flexibility index (Phi) is 11.9. The van der Waals surface area contributed by atoms with Gasteiger partial charge in [-0.05, 0) is 36.5 Å². The molecule has 1 heterocycles. The van der Waals surface area contributed by atoms with Gasteiger partial charge in [0.25, 0.3) is 0 Å². The summed E-state index contributed by atoms with van der Waals surface area (Å²) in [5, 5.41) is 2.87. The lowest BCUT2D eigenvalue weighted by Gasteiger charge is -2.20. The van der Waals surface area contributed by atoms with Crippen LogP contribution in [0.15, 0.2) is 48.7 Å². The molecule has 1 unspecified atom stereocenters. The Morgan fingerprint density at radius 3 is 2.29 bits per heavy atom. The van der Waals surface area contributed by atoms with Gasteiger partial charge in [0.1, 0.15) is 5.82 Å². The summed E-state index contributed by atoms with van der Waals surface area (Å²) in [6.45, 7) is 2.22. The SMILES string of the molecule is C[C@H](C(=O)NCCc1ccc(N)nc1)C(CCc1ccccc1)C(N)=O.Cl.Cl. The van der Waals surface area contributed by atoms with Crippen LogP contribution in [-0.2, 0) is 22.4 Å². The van der Waals surface area contributed by atoms with Crippen molar-refractivity contribution in [3.05, 3.63) is 59.8 Å². The number of nitrogens with zero attached hydrogens (tertiary/aromatic N) is 1. The first-order valence-corrected chi connectivity index (χ1v) is 8.78. The van der Waals surface area contributed by atoms with Crippen LogP contribution in [0.1, 0.15) is 24.5 Å². The topological polar surface area (TPSA) is 111 Å². The number of aryl methyl sites for hydroxylation is 1. The number of nitrogens with two attached hydrogens (primary N) is 2. The highest BCUT2D eigenvalue weighted by Crippen LogP contribution is 2.19. The monoisotopic (exact) mass is 426 g/mol. The largest absolute Gasteiger partial charge is 0.384 e. The lowest BCUT2D eigenvalue weighted by atomic mass is 9.87. The first-order chi connectivity index (χ1) is 12.5. The molecular weight excluding hydrogens is 399 g/mol. The number of carbonyl (C=O) groups is 2. The van der Waals surface area contributed by atoms with Crippen molar-refractivity contribution in [2.75, 3.05) is 12.3 Å². The molecule has 8 heteroatoms. The van der Waals surface area contributed by atoms with Crippen molar-refractivity contribution in [2.45, 2.75) is 26.2 Å². The van der Waals surface area contributed by atoms with Crippen LogP contribution in [0.5, 0.6) is 0 Å². The van der Waals surface area contributed by atoms with Gasteiger partial charge in [-0.3, -0.25) is 9.59 Å². The van der Waals surface area contributed by atoms with Crippen molar-refractivity contribution in [3.8, 4) is 0 Å². The van der Waals surface area contributed by atoms with Gasteiger partial charge in [-0.25, -0.2) is 4.98 Å². The van der Waals surface area contributed by atoms with Crippen molar-refractivity contribution < 1.29 is 9.59 Å². The highest BCUT2D eigenvalue weighted by molar-refractivity contribution is 5.86. The number of aromatic nitrogens is 1. The van der Waals surface area contributed by atoms with Crippen LogP contribution < -0.4 is 16.8 Å². The molecule has 6 nitrogen and oxygen atoms in total. The molecular formula is C20H28Cl2N4O2. The van der Waals surface area contributed by atoms with Crippen LogP contribution in [0.3, 0.4) is 0 Å². The molecule has 0 saturated carbocycles. The van der Waals surface area contributed by atoms with Crippen LogP contribution in [0, 0.1) is 11.8 Å². The van der Waals surface area contributed by atoms with Crippen molar-refractivity contribution in [1.82, 2.24) is 10.3 Å². The second-order valence-electron chi connectivity index (χ2n) is 6.45. The average Bonchev–Trinajstić information content (AvgIpc) is 2.64. The molecule has 0 aliphatic carbocycles. The number of hydrogen-bond donors (Lipinski definition) is 3. The van der Waals surface area contributed by atoms with E-state index in [4.69, 9.17) is 11.5 Å². The third kappa shape index (κ3) is 8.15. The van der Waals surface area contributed by atoms with Crippen molar-refractivity contribution in [1.29, 1.82) is 0 Å². The number of halogens is 2. The number of nitrogen functional groups attached to an aromatic ring is 1. The zero-order valence-electron chi connectivity index (χ0n) is 15.8. The van der Waals surface area contributed by atoms with Gasteiger partial charge in [0.05, 0.1) is 0 Å². The van der Waals surface area contributed by atoms with E-state index in [1.165, 1.54) is 0 Å². The van der Waals surface area contributed by atoms with Gasteiger partial charge >= 0.3 is 0 Å². The number of carbonyl (C=O) groups excluding carboxylic acids is 2. The minimum Gasteiger partial charge on any atom is -0.384 e. The fourth-order valence-electron chi connectivity index (χ4n) is 2.86. The zero-order chi connectivity index (χ0) is 18.9. The molecule has 154 valence electrons. The van der Waals surface area contributed by atoms with E-state index in [9.17, 15) is 9.59 Å². The van der Waals surface area contributed by atoms with Gasteiger partial charge in [0, 0.05) is 24.6 Å². The summed E-state index contributed by atoms with van der Waals surface area (Å²) in [5.74, 6) is -1.10. The summed E-state index contributed by atoms with van der Waals surface area (Å²) in [6, 6.07) is 13.5. The Balaban J connectivity index is 0.00000364. The maximum Gasteiger partial charge on any atom is 0.223 e. The smallest absolute Gasteiger partial charge is 0.223 e. The summed E-state index contributed by atoms with van der Waals surface area (Å²) >= 11 is 0. The van der Waals surface area contributed by atoms with Crippen LogP contribution in [0.4, 0.5) is 5.82 Å². The molecule has 0 aliphatic rings. The Morgan fingerprint density at radius 2 is 1.71 bits per heavy atom. The van der Waals surface area contributed by atoms with Gasteiger partial charge in [0.2, 0.25) is 11.8 Å². The molecule has 2 amide bonds. The normalized spacial score (nSPS) is 12.0. The molecule has 0 saturated heterocycles. The predicted octanol–water partition coefficient (Wildman–Crippen LogP) is 2.54. The molecule has 2 atom stereocenters. The Hall–Kier alpha value is -2.31. The molecule has 2 rings (SSSR count). The Bertz CT molecular complexity index is 727. The van der Waals surface area contributed by atoms with E-state index in [0.717, 1.165) is 11.1 Å². The molecule has 0 radical (unpaired) electrons. The number of benzene rings is 1. The number of anilines is 1. The lowest BCUT2D eigenvalue weighted by molar-refractivity contribution is -0.132. The first kappa shape index (κ1) is 25.7. The first-order valence-electron chi connectivity index (χ1n) is 8.78. The van der Waals surface area contributed by atoms with E-state index >= 15 is 0 Å². The van der Waals surface area contributed by atoms with E-state index in [-0.39, 0.29) is 30.7 Å². The predicted molar refractivity (Wildman–Crippen MR) is 116 cm³/mol. The van der Waals surface area contributed by atoms with E-state index in [1.807, 2.05) is 36.4 Å². The second kappa shape index (κ2) is 13.0. The fraction of sp³-hybridized carbons (Fsp3) is 0.350. The standard InChI is InChI=1S/C20H26N4O2.2ClH/c1-14(17(19(22)25)9-7-15-5-3-2-4-6-15)20(26)23-12-11-16-8-10-18(21)24-13-16;;/h2-6,8,10,13-14,17H,7,9,11-12H2,1H3,(H2,21,24)(H2,22,25)(H,23,26);2*1H/t14-,17?;;/m0../s1. The molecule has 0 bridgehead atoms. The molecule has 2 aromatic rings. The highest BCUT2D eigenvalue weighted by Gasteiger charge is 2.28. The van der Waals surface area contributed by atoms with Crippen LogP contribution in [0.25, 0.3) is 0 Å². The fourth-order valence-corrected chi connectivity index (χ4v) is 2.86. The second-order valence-corrected chi connectivity index (χ2v) is 6.45. The van der Waals surface area contributed by atoms with Crippen LogP contribution in [-0.4, -0.2) is 23.3 Å². The average molecular weight is 427 g/mol. The summed E-state index contributed by atoms with van der Waals surface area (Å²) in [6.07, 6.45) is 3.60. The van der Waals surface area contributed by atoms with Gasteiger partial charge in [-0.1, -0.05) is 43.3 Å².